The van der Waals surface area contributed by atoms with E-state index in [9.17, 15) is 0 Å². The minimum atomic E-state index is 0.648. The molecular weight excluding hydrogens is 863 g/mol. The van der Waals surface area contributed by atoms with Gasteiger partial charge in [0.2, 0.25) is 0 Å². The van der Waals surface area contributed by atoms with Crippen LogP contribution in [0.4, 0.5) is 0 Å². The quantitative estimate of drug-likeness (QED) is 0.145. The van der Waals surface area contributed by atoms with Crippen LogP contribution in [0, 0.1) is 27.7 Å². The van der Waals surface area contributed by atoms with Gasteiger partial charge in [-0.25, -0.2) is 19.9 Å². The minimum Gasteiger partial charge on any atom is -0.309 e. The van der Waals surface area contributed by atoms with Gasteiger partial charge in [0, 0.05) is 44.2 Å². The molecule has 0 aliphatic carbocycles. The molecule has 71 heavy (non-hydrogen) atoms. The van der Waals surface area contributed by atoms with Crippen molar-refractivity contribution in [2.24, 2.45) is 0 Å². The molecule has 9 aromatic carbocycles. The van der Waals surface area contributed by atoms with Crippen molar-refractivity contribution in [3.8, 4) is 95.7 Å². The molecule has 3 heterocycles. The van der Waals surface area contributed by atoms with E-state index in [1.165, 1.54) is 44.2 Å². The molecule has 0 atom stereocenters. The summed E-state index contributed by atoms with van der Waals surface area (Å²) in [5, 5.41) is 2.34. The molecule has 0 radical (unpaired) electrons. The van der Waals surface area contributed by atoms with E-state index >= 15 is 0 Å². The Morgan fingerprint density at radius 3 is 1.13 bits per heavy atom. The maximum absolute atomic E-state index is 5.51. The van der Waals surface area contributed by atoms with E-state index in [2.05, 4.69) is 208 Å². The monoisotopic (exact) mass is 911 g/mol. The predicted molar refractivity (Wildman–Crippen MR) is 294 cm³/mol. The van der Waals surface area contributed by atoms with E-state index in [4.69, 9.17) is 19.9 Å². The average molecular weight is 912 g/mol. The molecule has 5 nitrogen and oxygen atoms in total. The first kappa shape index (κ1) is 43.2. The van der Waals surface area contributed by atoms with Crippen LogP contribution in [-0.2, 0) is 0 Å². The van der Waals surface area contributed by atoms with Gasteiger partial charge in [0.25, 0.3) is 0 Å². The predicted octanol–water partition coefficient (Wildman–Crippen LogP) is 16.9. The lowest BCUT2D eigenvalue weighted by atomic mass is 9.96. The number of fused-ring (bicyclic) bond motifs is 3. The fourth-order valence-electron chi connectivity index (χ4n) is 10.1. The Kier molecular flexibility index (Phi) is 11.0. The summed E-state index contributed by atoms with van der Waals surface area (Å²) in [6, 6.07) is 79.6. The highest BCUT2D eigenvalue weighted by Gasteiger charge is 2.22. The van der Waals surface area contributed by atoms with Gasteiger partial charge in [-0.15, -0.1) is 0 Å². The van der Waals surface area contributed by atoms with Crippen LogP contribution in [0.2, 0.25) is 0 Å². The van der Waals surface area contributed by atoms with Crippen molar-refractivity contribution < 1.29 is 0 Å². The summed E-state index contributed by atoms with van der Waals surface area (Å²) >= 11 is 0. The van der Waals surface area contributed by atoms with Crippen LogP contribution in [0.3, 0.4) is 0 Å². The lowest BCUT2D eigenvalue weighted by Gasteiger charge is -2.18. The highest BCUT2D eigenvalue weighted by molar-refractivity contribution is 6.12. The zero-order valence-corrected chi connectivity index (χ0v) is 40.1. The van der Waals surface area contributed by atoms with Crippen molar-refractivity contribution in [2.75, 3.05) is 0 Å². The molecule has 0 spiro atoms. The number of rotatable bonds is 9. The fraction of sp³-hybridized carbons (Fsp3) is 0.0606. The summed E-state index contributed by atoms with van der Waals surface area (Å²) in [5.41, 5.74) is 22.0. The first-order valence-corrected chi connectivity index (χ1v) is 24.2. The van der Waals surface area contributed by atoms with Crippen molar-refractivity contribution in [1.29, 1.82) is 0 Å². The van der Waals surface area contributed by atoms with E-state index in [1.807, 2.05) is 48.5 Å². The Morgan fingerprint density at radius 1 is 0.282 bits per heavy atom. The van der Waals surface area contributed by atoms with Crippen LogP contribution >= 0.6 is 0 Å². The highest BCUT2D eigenvalue weighted by Crippen LogP contribution is 2.42. The molecule has 0 N–H and O–H groups in total. The van der Waals surface area contributed by atoms with Crippen molar-refractivity contribution in [1.82, 2.24) is 24.5 Å². The molecule has 0 saturated carbocycles. The van der Waals surface area contributed by atoms with Gasteiger partial charge < -0.3 is 4.57 Å². The Hall–Kier alpha value is -9.06. The zero-order valence-electron chi connectivity index (χ0n) is 40.1. The second-order valence-electron chi connectivity index (χ2n) is 18.6. The van der Waals surface area contributed by atoms with E-state index in [0.717, 1.165) is 84.0 Å². The molecule has 338 valence electrons. The Bertz CT molecular complexity index is 3730. The standard InChI is InChI=1S/C66H49N5/c1-42-25-30-53(44(3)35-42)50-27-32-55-56-33-28-51(54-31-26-43(2)36-45(54)4)39-64(56)71(63(55)38-50)62-34-29-52(60-40-58(46-17-9-5-10-18-46)67-65(69-60)48-21-13-7-14-22-48)37-57(62)61-41-59(47-19-11-6-12-20-47)68-66(70-61)49-23-15-8-16-24-49/h5-41H,1-4H3. The summed E-state index contributed by atoms with van der Waals surface area (Å²) in [5.74, 6) is 1.31. The third-order valence-corrected chi connectivity index (χ3v) is 13.6. The van der Waals surface area contributed by atoms with Gasteiger partial charge in [0.05, 0.1) is 39.5 Å². The van der Waals surface area contributed by atoms with Crippen molar-refractivity contribution in [2.45, 2.75) is 27.7 Å². The molecule has 3 aromatic heterocycles. The summed E-state index contributed by atoms with van der Waals surface area (Å²) < 4.78 is 2.46. The molecule has 5 heteroatoms. The lowest BCUT2D eigenvalue weighted by molar-refractivity contribution is 1.15. The Labute approximate surface area is 414 Å². The second kappa shape index (κ2) is 18.1. The number of nitrogens with zero attached hydrogens (tertiary/aromatic N) is 5. The molecule has 0 fully saturated rings. The molecular formula is C66H49N5. The molecule has 0 aliphatic heterocycles. The van der Waals surface area contributed by atoms with Crippen LogP contribution in [0.15, 0.2) is 224 Å². The van der Waals surface area contributed by atoms with Crippen LogP contribution in [-0.4, -0.2) is 24.5 Å². The summed E-state index contributed by atoms with van der Waals surface area (Å²) in [4.78, 5) is 21.2. The largest absolute Gasteiger partial charge is 0.309 e. The van der Waals surface area contributed by atoms with Crippen LogP contribution in [0.25, 0.3) is 118 Å². The van der Waals surface area contributed by atoms with E-state index < -0.39 is 0 Å². The van der Waals surface area contributed by atoms with Crippen LogP contribution < -0.4 is 0 Å². The first-order valence-electron chi connectivity index (χ1n) is 24.2. The highest BCUT2D eigenvalue weighted by atomic mass is 15.0. The van der Waals surface area contributed by atoms with Crippen molar-refractivity contribution in [3.63, 3.8) is 0 Å². The fourth-order valence-corrected chi connectivity index (χ4v) is 10.1. The molecule has 12 aromatic rings. The van der Waals surface area contributed by atoms with Crippen molar-refractivity contribution in [3.05, 3.63) is 247 Å². The van der Waals surface area contributed by atoms with Gasteiger partial charge in [0.1, 0.15) is 0 Å². The summed E-state index contributed by atoms with van der Waals surface area (Å²) in [6.07, 6.45) is 0. The van der Waals surface area contributed by atoms with E-state index in [1.54, 1.807) is 0 Å². The number of aromatic nitrogens is 5. The van der Waals surface area contributed by atoms with Gasteiger partial charge in [0.15, 0.2) is 11.6 Å². The van der Waals surface area contributed by atoms with Crippen LogP contribution in [0.1, 0.15) is 22.3 Å². The van der Waals surface area contributed by atoms with Gasteiger partial charge in [-0.05, 0) is 97.5 Å². The molecule has 0 aliphatic rings. The first-order chi connectivity index (χ1) is 34.8. The van der Waals surface area contributed by atoms with E-state index in [0.29, 0.717) is 11.6 Å². The topological polar surface area (TPSA) is 56.5 Å². The van der Waals surface area contributed by atoms with Crippen molar-refractivity contribution >= 4 is 21.8 Å². The number of aryl methyl sites for hydroxylation is 4. The maximum Gasteiger partial charge on any atom is 0.160 e. The minimum absolute atomic E-state index is 0.648. The Morgan fingerprint density at radius 2 is 0.676 bits per heavy atom. The normalized spacial score (nSPS) is 11.4. The lowest BCUT2D eigenvalue weighted by Crippen LogP contribution is -2.02. The van der Waals surface area contributed by atoms with Gasteiger partial charge >= 0.3 is 0 Å². The number of benzene rings is 9. The average Bonchev–Trinajstić information content (AvgIpc) is 3.74. The second-order valence-corrected chi connectivity index (χ2v) is 18.6. The summed E-state index contributed by atoms with van der Waals surface area (Å²) in [7, 11) is 0. The molecule has 0 amide bonds. The number of hydrogen-bond acceptors (Lipinski definition) is 4. The third-order valence-electron chi connectivity index (χ3n) is 13.6. The van der Waals surface area contributed by atoms with E-state index in [-0.39, 0.29) is 0 Å². The molecule has 0 bridgehead atoms. The SMILES string of the molecule is Cc1ccc(-c2ccc3c4ccc(-c5ccc(C)cc5C)cc4n(-c4ccc(-c5cc(-c6ccccc6)nc(-c6ccccc6)n5)cc4-c4cc(-c5ccccc5)nc(-c5ccccc5)n4)c3c2)c(C)c1. The molecule has 12 rings (SSSR count). The molecule has 0 unspecified atom stereocenters. The van der Waals surface area contributed by atoms with Gasteiger partial charge in [-0.1, -0.05) is 199 Å². The maximum atomic E-state index is 5.51. The van der Waals surface area contributed by atoms with Crippen LogP contribution in [0.5, 0.6) is 0 Å². The molecule has 0 saturated heterocycles. The smallest absolute Gasteiger partial charge is 0.160 e. The van der Waals surface area contributed by atoms with Gasteiger partial charge in [-0.3, -0.25) is 0 Å². The zero-order chi connectivity index (χ0) is 48.0. The summed E-state index contributed by atoms with van der Waals surface area (Å²) in [6.45, 7) is 8.72. The number of hydrogen-bond donors (Lipinski definition) is 0. The van der Waals surface area contributed by atoms with Gasteiger partial charge in [-0.2, -0.15) is 0 Å². The Balaban J connectivity index is 1.18. The third kappa shape index (κ3) is 8.28.